The zero-order valence-corrected chi connectivity index (χ0v) is 16.5. The number of nitrogens with one attached hydrogen (secondary N) is 1. The van der Waals surface area contributed by atoms with Gasteiger partial charge in [-0.25, -0.2) is 0 Å². The quantitative estimate of drug-likeness (QED) is 0.366. The van der Waals surface area contributed by atoms with Crippen LogP contribution in [0.25, 0.3) is 0 Å². The summed E-state index contributed by atoms with van der Waals surface area (Å²) in [6.07, 6.45) is 2.68. The fourth-order valence-corrected chi connectivity index (χ4v) is 3.40. The lowest BCUT2D eigenvalue weighted by Gasteiger charge is -2.35. The molecule has 0 radical (unpaired) electrons. The zero-order valence-electron chi connectivity index (χ0n) is 16.5. The van der Waals surface area contributed by atoms with Gasteiger partial charge in [-0.05, 0) is 25.0 Å². The Morgan fingerprint density at radius 2 is 2.29 bits per heavy atom. The van der Waals surface area contributed by atoms with Crippen molar-refractivity contribution in [1.82, 2.24) is 20.0 Å². The third-order valence-corrected chi connectivity index (χ3v) is 4.80. The maximum Gasteiger partial charge on any atom is 0.306 e. The highest BCUT2D eigenvalue weighted by atomic mass is 16.6. The van der Waals surface area contributed by atoms with E-state index in [1.165, 1.54) is 29.1 Å². The van der Waals surface area contributed by atoms with Crippen molar-refractivity contribution in [3.8, 4) is 0 Å². The lowest BCUT2D eigenvalue weighted by Crippen LogP contribution is -2.48. The number of aliphatic imine (C=N–C) groups is 1. The van der Waals surface area contributed by atoms with Crippen LogP contribution < -0.4 is 5.32 Å². The summed E-state index contributed by atoms with van der Waals surface area (Å²) in [6.45, 7) is 7.38. The van der Waals surface area contributed by atoms with Crippen LogP contribution in [0.1, 0.15) is 22.8 Å². The second-order valence-electron chi connectivity index (χ2n) is 6.86. The molecule has 1 aromatic carbocycles. The third-order valence-electron chi connectivity index (χ3n) is 4.80. The van der Waals surface area contributed by atoms with E-state index >= 15 is 0 Å². The number of nitro groups is 1. The fourth-order valence-electron chi connectivity index (χ4n) is 3.40. The summed E-state index contributed by atoms with van der Waals surface area (Å²) in [4.78, 5) is 16.8. The van der Waals surface area contributed by atoms with Crippen molar-refractivity contribution in [2.75, 3.05) is 33.3 Å². The minimum atomic E-state index is -0.448. The Kier molecular flexibility index (Phi) is 6.25. The number of hydrogen-bond donors (Lipinski definition) is 1. The average molecular weight is 386 g/mol. The summed E-state index contributed by atoms with van der Waals surface area (Å²) in [6, 6.07) is 6.43. The van der Waals surface area contributed by atoms with E-state index < -0.39 is 4.92 Å². The SMILES string of the molecule is CN=C(NCCn1cc([N+](=O)[O-])cn1)N1CCOC(c2ccc(C)cc2C)C1. The number of aromatic nitrogens is 2. The molecule has 0 saturated carbocycles. The second kappa shape index (κ2) is 8.83. The van der Waals surface area contributed by atoms with E-state index in [0.29, 0.717) is 19.7 Å². The average Bonchev–Trinajstić information content (AvgIpc) is 3.15. The monoisotopic (exact) mass is 386 g/mol. The van der Waals surface area contributed by atoms with Gasteiger partial charge in [0.05, 0.1) is 24.6 Å². The standard InChI is InChI=1S/C19H26N6O3/c1-14-4-5-17(15(2)10-14)18-13-23(8-9-28-18)19(20-3)21-6-7-24-12-16(11-22-24)25(26)27/h4-5,10-12,18H,6-9,13H2,1-3H3,(H,20,21). The molecule has 2 aromatic rings. The van der Waals surface area contributed by atoms with Crippen molar-refractivity contribution in [2.45, 2.75) is 26.5 Å². The van der Waals surface area contributed by atoms with Gasteiger partial charge in [0.15, 0.2) is 5.96 Å². The Morgan fingerprint density at radius 1 is 1.46 bits per heavy atom. The van der Waals surface area contributed by atoms with Crippen molar-refractivity contribution in [3.05, 3.63) is 57.4 Å². The summed E-state index contributed by atoms with van der Waals surface area (Å²) in [7, 11) is 1.75. The number of benzene rings is 1. The first-order chi connectivity index (χ1) is 13.5. The summed E-state index contributed by atoms with van der Waals surface area (Å²) < 4.78 is 7.56. The number of nitrogens with zero attached hydrogens (tertiary/aromatic N) is 5. The first kappa shape index (κ1) is 19.8. The second-order valence-corrected chi connectivity index (χ2v) is 6.86. The minimum Gasteiger partial charge on any atom is -0.370 e. The molecule has 1 N–H and O–H groups in total. The molecule has 1 atom stereocenters. The predicted octanol–water partition coefficient (Wildman–Crippen LogP) is 2.06. The van der Waals surface area contributed by atoms with Gasteiger partial charge < -0.3 is 15.0 Å². The molecule has 0 spiro atoms. The predicted molar refractivity (Wildman–Crippen MR) is 106 cm³/mol. The molecule has 2 heterocycles. The van der Waals surface area contributed by atoms with Gasteiger partial charge in [0.2, 0.25) is 0 Å². The van der Waals surface area contributed by atoms with Crippen molar-refractivity contribution in [1.29, 1.82) is 0 Å². The first-order valence-corrected chi connectivity index (χ1v) is 9.29. The molecule has 28 heavy (non-hydrogen) atoms. The Labute approximate surface area is 164 Å². The highest BCUT2D eigenvalue weighted by Gasteiger charge is 2.25. The van der Waals surface area contributed by atoms with Gasteiger partial charge in [0.25, 0.3) is 0 Å². The topological polar surface area (TPSA) is 97.8 Å². The van der Waals surface area contributed by atoms with Crippen LogP contribution in [0, 0.1) is 24.0 Å². The van der Waals surface area contributed by atoms with Gasteiger partial charge in [-0.3, -0.25) is 19.8 Å². The van der Waals surface area contributed by atoms with Crippen LogP contribution in [-0.4, -0.2) is 58.9 Å². The van der Waals surface area contributed by atoms with Crippen molar-refractivity contribution >= 4 is 11.6 Å². The fraction of sp³-hybridized carbons (Fsp3) is 0.474. The molecule has 0 aliphatic carbocycles. The highest BCUT2D eigenvalue weighted by molar-refractivity contribution is 5.80. The van der Waals surface area contributed by atoms with Gasteiger partial charge in [0, 0.05) is 20.1 Å². The molecule has 1 unspecified atom stereocenters. The molecule has 0 bridgehead atoms. The van der Waals surface area contributed by atoms with Crippen molar-refractivity contribution < 1.29 is 9.66 Å². The Bertz CT molecular complexity index is 863. The number of hydrogen-bond acceptors (Lipinski definition) is 5. The summed E-state index contributed by atoms with van der Waals surface area (Å²) in [5.74, 6) is 0.791. The number of guanidine groups is 1. The van der Waals surface area contributed by atoms with E-state index in [1.807, 2.05) is 0 Å². The molecule has 1 aliphatic rings. The van der Waals surface area contributed by atoms with Crippen molar-refractivity contribution in [2.24, 2.45) is 4.99 Å². The van der Waals surface area contributed by atoms with Crippen LogP contribution in [0.2, 0.25) is 0 Å². The molecule has 1 fully saturated rings. The molecule has 150 valence electrons. The molecule has 9 nitrogen and oxygen atoms in total. The smallest absolute Gasteiger partial charge is 0.306 e. The van der Waals surface area contributed by atoms with Gasteiger partial charge in [0.1, 0.15) is 18.5 Å². The Morgan fingerprint density at radius 3 is 2.96 bits per heavy atom. The number of rotatable bonds is 5. The highest BCUT2D eigenvalue weighted by Crippen LogP contribution is 2.25. The van der Waals surface area contributed by atoms with Crippen LogP contribution in [-0.2, 0) is 11.3 Å². The summed E-state index contributed by atoms with van der Waals surface area (Å²) in [5, 5.41) is 18.1. The van der Waals surface area contributed by atoms with Crippen LogP contribution in [0.3, 0.4) is 0 Å². The molecule has 0 amide bonds. The molecule has 1 aliphatic heterocycles. The normalized spacial score (nSPS) is 17.6. The van der Waals surface area contributed by atoms with E-state index in [2.05, 4.69) is 52.4 Å². The van der Waals surface area contributed by atoms with Crippen LogP contribution in [0.5, 0.6) is 0 Å². The van der Waals surface area contributed by atoms with E-state index in [1.54, 1.807) is 11.7 Å². The Balaban J connectivity index is 1.58. The summed E-state index contributed by atoms with van der Waals surface area (Å²) in [5.41, 5.74) is 3.67. The van der Waals surface area contributed by atoms with Crippen molar-refractivity contribution in [3.63, 3.8) is 0 Å². The maximum absolute atomic E-state index is 10.7. The lowest BCUT2D eigenvalue weighted by atomic mass is 10.00. The summed E-state index contributed by atoms with van der Waals surface area (Å²) >= 11 is 0. The molecule has 1 saturated heterocycles. The molecule has 1 aromatic heterocycles. The van der Waals surface area contributed by atoms with Crippen LogP contribution in [0.4, 0.5) is 5.69 Å². The third kappa shape index (κ3) is 4.66. The van der Waals surface area contributed by atoms with E-state index in [-0.39, 0.29) is 11.8 Å². The zero-order chi connectivity index (χ0) is 20.1. The first-order valence-electron chi connectivity index (χ1n) is 9.29. The maximum atomic E-state index is 10.7. The molecule has 3 rings (SSSR count). The number of ether oxygens (including phenoxy) is 1. The van der Waals surface area contributed by atoms with Crippen LogP contribution in [0.15, 0.2) is 35.6 Å². The van der Waals surface area contributed by atoms with Crippen LogP contribution >= 0.6 is 0 Å². The van der Waals surface area contributed by atoms with Gasteiger partial charge in [-0.2, -0.15) is 5.10 Å². The van der Waals surface area contributed by atoms with Gasteiger partial charge in [-0.15, -0.1) is 0 Å². The largest absolute Gasteiger partial charge is 0.370 e. The molecular weight excluding hydrogens is 360 g/mol. The molecule has 9 heteroatoms. The van der Waals surface area contributed by atoms with E-state index in [0.717, 1.165) is 19.0 Å². The molecular formula is C19H26N6O3. The number of aryl methyl sites for hydroxylation is 2. The van der Waals surface area contributed by atoms with E-state index in [9.17, 15) is 10.1 Å². The Hall–Kier alpha value is -2.94. The van der Waals surface area contributed by atoms with Gasteiger partial charge >= 0.3 is 5.69 Å². The van der Waals surface area contributed by atoms with E-state index in [4.69, 9.17) is 4.74 Å². The lowest BCUT2D eigenvalue weighted by molar-refractivity contribution is -0.385. The minimum absolute atomic E-state index is 0.00154. The van der Waals surface area contributed by atoms with Gasteiger partial charge in [-0.1, -0.05) is 23.8 Å². The number of morpholine rings is 1.